The molecule has 0 saturated carbocycles. The minimum atomic E-state index is -0.472. The molecule has 2 N–H and O–H groups in total. The number of aromatic hydroxyl groups is 1. The molecule has 0 amide bonds. The van der Waals surface area contributed by atoms with Crippen molar-refractivity contribution in [2.45, 2.75) is 12.8 Å². The van der Waals surface area contributed by atoms with Gasteiger partial charge in [0.25, 0.3) is 0 Å². The van der Waals surface area contributed by atoms with Crippen LogP contribution in [-0.4, -0.2) is 24.9 Å². The number of benzene rings is 2. The number of halogens is 2. The molecule has 4 rings (SSSR count). The van der Waals surface area contributed by atoms with Gasteiger partial charge < -0.3 is 10.4 Å². The zero-order chi connectivity index (χ0) is 18.3. The molecule has 2 aromatic carbocycles. The van der Waals surface area contributed by atoms with Crippen molar-refractivity contribution >= 4 is 38.7 Å². The molecule has 26 heavy (non-hydrogen) atoms. The van der Waals surface area contributed by atoms with E-state index in [9.17, 15) is 9.50 Å². The molecule has 0 saturated heterocycles. The average Bonchev–Trinajstić information content (AvgIpc) is 3.18. The maximum atomic E-state index is 13.3. The Labute approximate surface area is 156 Å². The number of nitrogens with zero attached hydrogens (tertiary/aromatic N) is 4. The number of anilines is 2. The number of nitrogens with one attached hydrogen (secondary N) is 1. The van der Waals surface area contributed by atoms with Crippen LogP contribution in [0.2, 0.25) is 5.02 Å². The van der Waals surface area contributed by atoms with Gasteiger partial charge in [-0.2, -0.15) is 4.52 Å². The van der Waals surface area contributed by atoms with Gasteiger partial charge in [0.15, 0.2) is 5.82 Å². The number of hydrogen-bond acceptors (Lipinski definition) is 6. The maximum absolute atomic E-state index is 13.3. The van der Waals surface area contributed by atoms with E-state index in [4.69, 9.17) is 11.6 Å². The van der Waals surface area contributed by atoms with Crippen molar-refractivity contribution in [3.05, 3.63) is 64.7 Å². The summed E-state index contributed by atoms with van der Waals surface area (Å²) in [5.41, 5.74) is 1.62. The molecule has 0 aliphatic carbocycles. The zero-order valence-corrected chi connectivity index (χ0v) is 15.1. The Kier molecular flexibility index (Phi) is 4.21. The molecule has 0 aliphatic rings. The minimum absolute atomic E-state index is 0.0413. The third kappa shape index (κ3) is 3.09. The Morgan fingerprint density at radius 3 is 2.69 bits per heavy atom. The summed E-state index contributed by atoms with van der Waals surface area (Å²) in [5.74, 6) is 0.374. The molecule has 0 aliphatic heterocycles. The lowest BCUT2D eigenvalue weighted by Crippen LogP contribution is -2.03. The lowest BCUT2D eigenvalue weighted by molar-refractivity contribution is 0.475. The van der Waals surface area contributed by atoms with Gasteiger partial charge in [-0.1, -0.05) is 42.0 Å². The SMILES string of the molecule is C[C@@H](c1ccc(O)cc1)c1nnc2sc(Nc3ccc(F)c(Cl)c3)nn12. The summed E-state index contributed by atoms with van der Waals surface area (Å²) in [4.78, 5) is 0.640. The van der Waals surface area contributed by atoms with Gasteiger partial charge in [-0.25, -0.2) is 4.39 Å². The molecule has 0 bridgehead atoms. The van der Waals surface area contributed by atoms with Crippen molar-refractivity contribution in [1.82, 2.24) is 19.8 Å². The number of hydrogen-bond donors (Lipinski definition) is 2. The van der Waals surface area contributed by atoms with Gasteiger partial charge in [0.1, 0.15) is 11.6 Å². The predicted molar refractivity (Wildman–Crippen MR) is 99.0 cm³/mol. The molecule has 0 unspecified atom stereocenters. The first-order valence-corrected chi connectivity index (χ1v) is 8.94. The highest BCUT2D eigenvalue weighted by Crippen LogP contribution is 2.29. The topological polar surface area (TPSA) is 75.3 Å². The minimum Gasteiger partial charge on any atom is -0.508 e. The normalized spacial score (nSPS) is 12.4. The van der Waals surface area contributed by atoms with Crippen LogP contribution in [0.15, 0.2) is 42.5 Å². The van der Waals surface area contributed by atoms with E-state index in [2.05, 4.69) is 20.6 Å². The third-order valence-corrected chi connectivity index (χ3v) is 5.07. The van der Waals surface area contributed by atoms with Crippen LogP contribution < -0.4 is 5.32 Å². The highest BCUT2D eigenvalue weighted by molar-refractivity contribution is 7.20. The first kappa shape index (κ1) is 16.7. The van der Waals surface area contributed by atoms with Crippen molar-refractivity contribution < 1.29 is 9.50 Å². The quantitative estimate of drug-likeness (QED) is 0.534. The summed E-state index contributed by atoms with van der Waals surface area (Å²) >= 11 is 7.13. The van der Waals surface area contributed by atoms with Gasteiger partial charge in [-0.05, 0) is 35.9 Å². The molecule has 4 aromatic rings. The fraction of sp³-hybridized carbons (Fsp3) is 0.118. The van der Waals surface area contributed by atoms with E-state index in [0.717, 1.165) is 5.56 Å². The summed E-state index contributed by atoms with van der Waals surface area (Å²) in [5, 5.41) is 26.1. The Balaban J connectivity index is 1.64. The Morgan fingerprint density at radius 1 is 1.19 bits per heavy atom. The number of phenols is 1. The maximum Gasteiger partial charge on any atom is 0.236 e. The van der Waals surface area contributed by atoms with E-state index in [0.29, 0.717) is 21.6 Å². The molecule has 0 spiro atoms. The van der Waals surface area contributed by atoms with Crippen LogP contribution in [0.1, 0.15) is 24.2 Å². The largest absolute Gasteiger partial charge is 0.508 e. The summed E-state index contributed by atoms with van der Waals surface area (Å²) in [6.45, 7) is 2.00. The van der Waals surface area contributed by atoms with E-state index in [1.165, 1.54) is 23.5 Å². The summed E-state index contributed by atoms with van der Waals surface area (Å²) < 4.78 is 14.9. The summed E-state index contributed by atoms with van der Waals surface area (Å²) in [6.07, 6.45) is 0. The van der Waals surface area contributed by atoms with Crippen molar-refractivity contribution in [3.63, 3.8) is 0 Å². The first-order valence-electron chi connectivity index (χ1n) is 7.74. The Morgan fingerprint density at radius 2 is 1.96 bits per heavy atom. The molecule has 2 heterocycles. The lowest BCUT2D eigenvalue weighted by Gasteiger charge is -2.08. The zero-order valence-electron chi connectivity index (χ0n) is 13.5. The van der Waals surface area contributed by atoms with Crippen LogP contribution in [0.4, 0.5) is 15.2 Å². The second-order valence-electron chi connectivity index (χ2n) is 5.73. The van der Waals surface area contributed by atoms with E-state index in [1.807, 2.05) is 19.1 Å². The fourth-order valence-electron chi connectivity index (χ4n) is 2.56. The van der Waals surface area contributed by atoms with Crippen LogP contribution in [0.3, 0.4) is 0 Å². The van der Waals surface area contributed by atoms with E-state index in [-0.39, 0.29) is 16.7 Å². The Bertz CT molecular complexity index is 1080. The van der Waals surface area contributed by atoms with Crippen molar-refractivity contribution in [1.29, 1.82) is 0 Å². The number of fused-ring (bicyclic) bond motifs is 1. The van der Waals surface area contributed by atoms with Crippen LogP contribution in [0.25, 0.3) is 4.96 Å². The van der Waals surface area contributed by atoms with E-state index >= 15 is 0 Å². The predicted octanol–water partition coefficient (Wildman–Crippen LogP) is 4.58. The molecular formula is C17H13ClFN5OS. The summed E-state index contributed by atoms with van der Waals surface area (Å²) in [7, 11) is 0. The smallest absolute Gasteiger partial charge is 0.236 e. The number of rotatable bonds is 4. The van der Waals surface area contributed by atoms with Gasteiger partial charge in [0.2, 0.25) is 10.1 Å². The van der Waals surface area contributed by atoms with Crippen LogP contribution in [-0.2, 0) is 0 Å². The monoisotopic (exact) mass is 389 g/mol. The van der Waals surface area contributed by atoms with Gasteiger partial charge in [-0.15, -0.1) is 15.3 Å². The van der Waals surface area contributed by atoms with Crippen molar-refractivity contribution in [2.75, 3.05) is 5.32 Å². The van der Waals surface area contributed by atoms with Crippen molar-refractivity contribution in [3.8, 4) is 5.75 Å². The molecule has 0 fully saturated rings. The molecular weight excluding hydrogens is 377 g/mol. The number of phenolic OH excluding ortho intramolecular Hbond substituents is 1. The lowest BCUT2D eigenvalue weighted by atomic mass is 10.0. The second kappa shape index (κ2) is 6.54. The molecule has 9 heteroatoms. The highest BCUT2D eigenvalue weighted by atomic mass is 35.5. The molecule has 2 aromatic heterocycles. The Hall–Kier alpha value is -2.71. The van der Waals surface area contributed by atoms with Gasteiger partial charge >= 0.3 is 0 Å². The van der Waals surface area contributed by atoms with Crippen LogP contribution in [0.5, 0.6) is 5.75 Å². The van der Waals surface area contributed by atoms with Crippen LogP contribution >= 0.6 is 22.9 Å². The van der Waals surface area contributed by atoms with Crippen molar-refractivity contribution in [2.24, 2.45) is 0 Å². The summed E-state index contributed by atoms with van der Waals surface area (Å²) in [6, 6.07) is 11.3. The van der Waals surface area contributed by atoms with Gasteiger partial charge in [0, 0.05) is 11.6 Å². The van der Waals surface area contributed by atoms with E-state index < -0.39 is 5.82 Å². The number of aromatic nitrogens is 4. The first-order chi connectivity index (χ1) is 12.5. The highest BCUT2D eigenvalue weighted by Gasteiger charge is 2.19. The third-order valence-electron chi connectivity index (χ3n) is 3.97. The van der Waals surface area contributed by atoms with Gasteiger partial charge in [0.05, 0.1) is 5.02 Å². The van der Waals surface area contributed by atoms with Gasteiger partial charge in [-0.3, -0.25) is 0 Å². The average molecular weight is 390 g/mol. The standard InChI is InChI=1S/C17H13ClFN5OS/c1-9(10-2-5-12(25)6-3-10)15-21-22-17-24(15)23-16(26-17)20-11-4-7-14(19)13(18)8-11/h2-9,25H,1H3,(H,20,23)/t9-/m0/s1. The second-order valence-corrected chi connectivity index (χ2v) is 7.09. The molecule has 1 atom stereocenters. The molecule has 132 valence electrons. The fourth-order valence-corrected chi connectivity index (χ4v) is 3.51. The molecule has 0 radical (unpaired) electrons. The molecule has 6 nitrogen and oxygen atoms in total. The van der Waals surface area contributed by atoms with E-state index in [1.54, 1.807) is 22.7 Å². The van der Waals surface area contributed by atoms with Crippen LogP contribution in [0, 0.1) is 5.82 Å².